The molecule has 0 aliphatic rings. The number of carbonyl (C=O) groups is 1. The highest BCUT2D eigenvalue weighted by atomic mass is 79.9. The molecule has 0 saturated carbocycles. The zero-order chi connectivity index (χ0) is 18.4. The van der Waals surface area contributed by atoms with Crippen molar-refractivity contribution in [2.75, 3.05) is 18.9 Å². The van der Waals surface area contributed by atoms with Crippen molar-refractivity contribution in [2.45, 2.75) is 20.1 Å². The van der Waals surface area contributed by atoms with Crippen molar-refractivity contribution in [3.8, 4) is 5.75 Å². The van der Waals surface area contributed by atoms with Crippen molar-refractivity contribution in [3.05, 3.63) is 58.1 Å². The Morgan fingerprint density at radius 3 is 2.52 bits per heavy atom. The van der Waals surface area contributed by atoms with Crippen molar-refractivity contribution in [3.63, 3.8) is 0 Å². The number of hydrogen-bond donors (Lipinski definition) is 2. The summed E-state index contributed by atoms with van der Waals surface area (Å²) in [7, 11) is 1.90. The standard InChI is InChI=1S/C18H19BrF2N2O2/c1-12-3-8-16(15(19)9-12)22-17(24)11-23(2)10-13-4-6-14(7-5-13)25-18(20)21/h3-9,18H,10-11H2,1-2H3,(H,22,24)/p+1. The summed E-state index contributed by atoms with van der Waals surface area (Å²) < 4.78 is 29.4. The molecule has 0 fully saturated rings. The van der Waals surface area contributed by atoms with E-state index in [-0.39, 0.29) is 18.2 Å². The highest BCUT2D eigenvalue weighted by molar-refractivity contribution is 9.10. The van der Waals surface area contributed by atoms with E-state index in [2.05, 4.69) is 26.0 Å². The number of anilines is 1. The highest BCUT2D eigenvalue weighted by Crippen LogP contribution is 2.23. The first-order chi connectivity index (χ1) is 11.8. The second-order valence-electron chi connectivity index (χ2n) is 5.86. The van der Waals surface area contributed by atoms with E-state index >= 15 is 0 Å². The van der Waals surface area contributed by atoms with Crippen LogP contribution in [-0.4, -0.2) is 26.1 Å². The zero-order valence-corrected chi connectivity index (χ0v) is 15.6. The second kappa shape index (κ2) is 8.92. The van der Waals surface area contributed by atoms with E-state index in [0.717, 1.165) is 26.2 Å². The highest BCUT2D eigenvalue weighted by Gasteiger charge is 2.13. The molecule has 25 heavy (non-hydrogen) atoms. The number of amides is 1. The molecule has 1 unspecified atom stereocenters. The number of benzene rings is 2. The van der Waals surface area contributed by atoms with Crippen LogP contribution in [0.3, 0.4) is 0 Å². The van der Waals surface area contributed by atoms with Crippen LogP contribution < -0.4 is 15.0 Å². The van der Waals surface area contributed by atoms with Crippen LogP contribution in [0, 0.1) is 6.92 Å². The smallest absolute Gasteiger partial charge is 0.387 e. The first-order valence-electron chi connectivity index (χ1n) is 7.74. The Hall–Kier alpha value is -1.99. The molecule has 0 bridgehead atoms. The summed E-state index contributed by atoms with van der Waals surface area (Å²) in [4.78, 5) is 13.1. The number of rotatable bonds is 7. The van der Waals surface area contributed by atoms with Gasteiger partial charge in [0.05, 0.1) is 12.7 Å². The van der Waals surface area contributed by atoms with Crippen LogP contribution in [0.25, 0.3) is 0 Å². The molecule has 7 heteroatoms. The van der Waals surface area contributed by atoms with Gasteiger partial charge in [0.2, 0.25) is 0 Å². The Bertz CT molecular complexity index is 724. The molecular weight excluding hydrogens is 394 g/mol. The summed E-state index contributed by atoms with van der Waals surface area (Å²) in [6, 6.07) is 12.2. The van der Waals surface area contributed by atoms with Gasteiger partial charge in [-0.3, -0.25) is 4.79 Å². The number of carbonyl (C=O) groups excluding carboxylic acids is 1. The molecule has 0 radical (unpaired) electrons. The van der Waals surface area contributed by atoms with Gasteiger partial charge in [0.1, 0.15) is 12.3 Å². The number of likely N-dealkylation sites (N-methyl/N-ethyl adjacent to an activating group) is 1. The van der Waals surface area contributed by atoms with Gasteiger partial charge in [-0.25, -0.2) is 0 Å². The third kappa shape index (κ3) is 6.43. The summed E-state index contributed by atoms with van der Waals surface area (Å²) in [6.07, 6.45) is 0. The molecule has 0 aliphatic heterocycles. The van der Waals surface area contributed by atoms with Crippen LogP contribution in [0.5, 0.6) is 5.75 Å². The van der Waals surface area contributed by atoms with Gasteiger partial charge in [0.15, 0.2) is 6.54 Å². The normalized spacial score (nSPS) is 12.1. The third-order valence-electron chi connectivity index (χ3n) is 3.52. The fraction of sp³-hybridized carbons (Fsp3) is 0.278. The lowest BCUT2D eigenvalue weighted by molar-refractivity contribution is -0.885. The molecule has 0 heterocycles. The molecule has 1 atom stereocenters. The lowest BCUT2D eigenvalue weighted by Gasteiger charge is -2.15. The lowest BCUT2D eigenvalue weighted by atomic mass is 10.2. The largest absolute Gasteiger partial charge is 0.435 e. The molecule has 0 saturated heterocycles. The molecule has 2 rings (SSSR count). The summed E-state index contributed by atoms with van der Waals surface area (Å²) in [6.45, 7) is 0.0304. The maximum absolute atomic E-state index is 12.2. The van der Waals surface area contributed by atoms with E-state index in [1.165, 1.54) is 12.1 Å². The number of hydrogen-bond acceptors (Lipinski definition) is 2. The van der Waals surface area contributed by atoms with Gasteiger partial charge in [-0.1, -0.05) is 6.07 Å². The van der Waals surface area contributed by atoms with Crippen LogP contribution in [0.1, 0.15) is 11.1 Å². The molecule has 0 aromatic heterocycles. The van der Waals surface area contributed by atoms with Gasteiger partial charge < -0.3 is 15.0 Å². The van der Waals surface area contributed by atoms with Gasteiger partial charge >= 0.3 is 6.61 Å². The van der Waals surface area contributed by atoms with Crippen molar-refractivity contribution in [1.82, 2.24) is 0 Å². The maximum Gasteiger partial charge on any atom is 0.387 e. The SMILES string of the molecule is Cc1ccc(NC(=O)C[NH+](C)Cc2ccc(OC(F)F)cc2)c(Br)c1. The molecule has 2 N–H and O–H groups in total. The monoisotopic (exact) mass is 413 g/mol. The van der Waals surface area contributed by atoms with Crippen LogP contribution in [0.2, 0.25) is 0 Å². The van der Waals surface area contributed by atoms with Crippen molar-refractivity contribution in [1.29, 1.82) is 0 Å². The Morgan fingerprint density at radius 1 is 1.24 bits per heavy atom. The number of quaternary nitrogens is 1. The Balaban J connectivity index is 1.86. The van der Waals surface area contributed by atoms with E-state index in [1.54, 1.807) is 12.1 Å². The first kappa shape index (κ1) is 19.3. The molecule has 2 aromatic carbocycles. The van der Waals surface area contributed by atoms with Gasteiger partial charge in [0, 0.05) is 10.0 Å². The van der Waals surface area contributed by atoms with Crippen molar-refractivity contribution >= 4 is 27.5 Å². The van der Waals surface area contributed by atoms with Crippen LogP contribution in [-0.2, 0) is 11.3 Å². The number of halogens is 3. The van der Waals surface area contributed by atoms with E-state index in [1.807, 2.05) is 32.2 Å². The molecule has 4 nitrogen and oxygen atoms in total. The predicted octanol–water partition coefficient (Wildman–Crippen LogP) is 3.01. The number of ether oxygens (including phenoxy) is 1. The summed E-state index contributed by atoms with van der Waals surface area (Å²) in [5.41, 5.74) is 2.77. The van der Waals surface area contributed by atoms with Crippen molar-refractivity contribution < 1.29 is 23.2 Å². The summed E-state index contributed by atoms with van der Waals surface area (Å²) >= 11 is 3.43. The minimum absolute atomic E-state index is 0.0975. The minimum Gasteiger partial charge on any atom is -0.435 e. The molecule has 0 aliphatic carbocycles. The third-order valence-corrected chi connectivity index (χ3v) is 4.17. The second-order valence-corrected chi connectivity index (χ2v) is 6.72. The Kier molecular flexibility index (Phi) is 6.90. The van der Waals surface area contributed by atoms with Crippen LogP contribution in [0.15, 0.2) is 46.9 Å². The maximum atomic E-state index is 12.2. The number of aryl methyl sites for hydroxylation is 1. The van der Waals surface area contributed by atoms with E-state index in [0.29, 0.717) is 6.54 Å². The molecule has 0 spiro atoms. The quantitative estimate of drug-likeness (QED) is 0.732. The topological polar surface area (TPSA) is 42.8 Å². The van der Waals surface area contributed by atoms with E-state index in [4.69, 9.17) is 0 Å². The van der Waals surface area contributed by atoms with Gasteiger partial charge in [0.25, 0.3) is 5.91 Å². The Morgan fingerprint density at radius 2 is 1.92 bits per heavy atom. The summed E-state index contributed by atoms with van der Waals surface area (Å²) in [5.74, 6) is 0.0260. The first-order valence-corrected chi connectivity index (χ1v) is 8.54. The van der Waals surface area contributed by atoms with Gasteiger partial charge in [-0.05, 0) is 64.8 Å². The van der Waals surface area contributed by atoms with E-state index < -0.39 is 6.61 Å². The fourth-order valence-corrected chi connectivity index (χ4v) is 2.98. The van der Waals surface area contributed by atoms with Gasteiger partial charge in [-0.15, -0.1) is 0 Å². The number of alkyl halides is 2. The van der Waals surface area contributed by atoms with Crippen LogP contribution >= 0.6 is 15.9 Å². The molecular formula is C18H20BrF2N2O2+. The minimum atomic E-state index is -2.83. The molecule has 2 aromatic rings. The molecule has 134 valence electrons. The Labute approximate surface area is 153 Å². The average molecular weight is 414 g/mol. The predicted molar refractivity (Wildman–Crippen MR) is 96.0 cm³/mol. The number of nitrogens with one attached hydrogen (secondary N) is 2. The molecule has 1 amide bonds. The lowest BCUT2D eigenvalue weighted by Crippen LogP contribution is -3.08. The zero-order valence-electron chi connectivity index (χ0n) is 14.0. The van der Waals surface area contributed by atoms with E-state index in [9.17, 15) is 13.6 Å². The van der Waals surface area contributed by atoms with Gasteiger partial charge in [-0.2, -0.15) is 8.78 Å². The average Bonchev–Trinajstić information content (AvgIpc) is 2.51. The van der Waals surface area contributed by atoms with Crippen LogP contribution in [0.4, 0.5) is 14.5 Å². The van der Waals surface area contributed by atoms with Crippen molar-refractivity contribution in [2.24, 2.45) is 0 Å². The summed E-state index contributed by atoms with van der Waals surface area (Å²) in [5, 5.41) is 2.87. The fourth-order valence-electron chi connectivity index (χ4n) is 2.39.